The van der Waals surface area contributed by atoms with E-state index in [0.717, 1.165) is 16.3 Å². The third-order valence-electron chi connectivity index (χ3n) is 4.71. The second-order valence-electron chi connectivity index (χ2n) is 6.20. The largest absolute Gasteiger partial charge is 0.369 e. The maximum atomic E-state index is 12.8. The molecule has 1 fully saturated rings. The first kappa shape index (κ1) is 14.6. The van der Waals surface area contributed by atoms with Gasteiger partial charge < -0.3 is 19.5 Å². The molecule has 2 aliphatic rings. The molecule has 0 bridgehead atoms. The van der Waals surface area contributed by atoms with Crippen molar-refractivity contribution < 1.29 is 19.4 Å². The molecule has 0 saturated carbocycles. The van der Waals surface area contributed by atoms with Gasteiger partial charge in [0, 0.05) is 29.5 Å². The molecule has 1 atom stereocenters. The highest BCUT2D eigenvalue weighted by molar-refractivity contribution is 6.10. The predicted molar refractivity (Wildman–Crippen MR) is 84.9 cm³/mol. The van der Waals surface area contributed by atoms with E-state index in [2.05, 4.69) is 0 Å². The van der Waals surface area contributed by atoms with Crippen molar-refractivity contribution in [2.24, 2.45) is 0 Å². The van der Waals surface area contributed by atoms with Gasteiger partial charge in [-0.3, -0.25) is 4.79 Å². The number of carbonyl (C=O) groups excluding carboxylic acids is 1. The van der Waals surface area contributed by atoms with Crippen LogP contribution in [0.5, 0.6) is 0 Å². The smallest absolute Gasteiger partial charge is 0.256 e. The molecule has 2 aromatic carbocycles. The molecule has 1 unspecified atom stereocenters. The lowest BCUT2D eigenvalue weighted by atomic mass is 9.93. The minimum Gasteiger partial charge on any atom is -0.369 e. The molecule has 120 valence electrons. The number of carbonyl (C=O) groups is 1. The van der Waals surface area contributed by atoms with Gasteiger partial charge >= 0.3 is 0 Å². The first-order valence-corrected chi connectivity index (χ1v) is 7.88. The second-order valence-corrected chi connectivity index (χ2v) is 6.20. The van der Waals surface area contributed by atoms with Crippen molar-refractivity contribution in [2.45, 2.75) is 25.4 Å². The van der Waals surface area contributed by atoms with Crippen LogP contribution < -0.4 is 0 Å². The summed E-state index contributed by atoms with van der Waals surface area (Å²) in [7, 11) is 0. The van der Waals surface area contributed by atoms with Crippen molar-refractivity contribution in [3.63, 3.8) is 0 Å². The first-order valence-electron chi connectivity index (χ1n) is 7.88. The molecule has 5 nitrogen and oxygen atoms in total. The number of nitrogens with zero attached hydrogens (tertiary/aromatic N) is 1. The van der Waals surface area contributed by atoms with E-state index in [9.17, 15) is 9.90 Å². The number of benzene rings is 2. The summed E-state index contributed by atoms with van der Waals surface area (Å²) in [4.78, 5) is 14.3. The lowest BCUT2D eigenvalue weighted by molar-refractivity contribution is -0.151. The summed E-state index contributed by atoms with van der Waals surface area (Å²) >= 11 is 0. The van der Waals surface area contributed by atoms with E-state index >= 15 is 0 Å². The van der Waals surface area contributed by atoms with Crippen molar-refractivity contribution in [1.82, 2.24) is 4.90 Å². The van der Waals surface area contributed by atoms with Crippen LogP contribution in [0.1, 0.15) is 35.5 Å². The average Bonchev–Trinajstić information content (AvgIpc) is 2.99. The van der Waals surface area contributed by atoms with Crippen molar-refractivity contribution in [3.05, 3.63) is 47.5 Å². The third kappa shape index (κ3) is 2.32. The van der Waals surface area contributed by atoms with Crippen LogP contribution in [-0.2, 0) is 9.47 Å². The molecule has 5 heteroatoms. The van der Waals surface area contributed by atoms with E-state index in [1.165, 1.54) is 4.90 Å². The maximum absolute atomic E-state index is 12.8. The molecule has 1 amide bonds. The zero-order chi connectivity index (χ0) is 16.0. The Hall–Kier alpha value is -1.95. The van der Waals surface area contributed by atoms with E-state index in [1.54, 1.807) is 0 Å². The van der Waals surface area contributed by atoms with Crippen molar-refractivity contribution in [2.75, 3.05) is 19.8 Å². The number of hydrogen-bond donors (Lipinski definition) is 1. The van der Waals surface area contributed by atoms with E-state index in [-0.39, 0.29) is 5.91 Å². The average molecular weight is 313 g/mol. The predicted octanol–water partition coefficient (Wildman–Crippen LogP) is 2.44. The van der Waals surface area contributed by atoms with Gasteiger partial charge in [0.15, 0.2) is 12.0 Å². The molecule has 2 heterocycles. The van der Waals surface area contributed by atoms with E-state index in [4.69, 9.17) is 9.47 Å². The number of rotatable bonds is 3. The van der Waals surface area contributed by atoms with Gasteiger partial charge in [0.2, 0.25) is 0 Å². The molecule has 0 aromatic heterocycles. The van der Waals surface area contributed by atoms with Crippen LogP contribution in [0, 0.1) is 0 Å². The summed E-state index contributed by atoms with van der Waals surface area (Å²) in [5, 5.41) is 12.5. The number of amides is 1. The molecule has 2 aliphatic heterocycles. The minimum absolute atomic E-state index is 0.150. The van der Waals surface area contributed by atoms with Gasteiger partial charge in [-0.1, -0.05) is 30.3 Å². The molecule has 1 N–H and O–H groups in total. The second kappa shape index (κ2) is 5.30. The standard InChI is InChI=1S/C18H19NO4/c1-18(22-10-11-23-18)8-9-19-16(20)13-6-2-4-12-5-3-7-14(15(12)13)17(19)21/h2-7,16,20H,8-11H2,1H3. The van der Waals surface area contributed by atoms with Gasteiger partial charge in [-0.2, -0.15) is 0 Å². The zero-order valence-electron chi connectivity index (χ0n) is 13.0. The Bertz CT molecular complexity index is 761. The maximum Gasteiger partial charge on any atom is 0.256 e. The highest BCUT2D eigenvalue weighted by atomic mass is 16.7. The minimum atomic E-state index is -0.939. The van der Waals surface area contributed by atoms with Gasteiger partial charge in [-0.25, -0.2) is 0 Å². The lowest BCUT2D eigenvalue weighted by Crippen LogP contribution is -2.41. The van der Waals surface area contributed by atoms with Crippen LogP contribution >= 0.6 is 0 Å². The van der Waals surface area contributed by atoms with Gasteiger partial charge in [0.05, 0.1) is 13.2 Å². The number of hydrogen-bond acceptors (Lipinski definition) is 4. The molecule has 0 spiro atoms. The monoisotopic (exact) mass is 313 g/mol. The SMILES string of the molecule is CC1(CCN2C(=O)c3cccc4cccc(c34)C2O)OCCO1. The van der Waals surface area contributed by atoms with Gasteiger partial charge in [-0.05, 0) is 18.4 Å². The summed E-state index contributed by atoms with van der Waals surface area (Å²) in [5.41, 5.74) is 1.41. The van der Waals surface area contributed by atoms with Gasteiger partial charge in [0.25, 0.3) is 5.91 Å². The number of aliphatic hydroxyl groups excluding tert-OH is 1. The molecule has 0 radical (unpaired) electrons. The zero-order valence-corrected chi connectivity index (χ0v) is 13.0. The summed E-state index contributed by atoms with van der Waals surface area (Å²) in [6.45, 7) is 3.38. The van der Waals surface area contributed by atoms with Crippen LogP contribution in [-0.4, -0.2) is 41.5 Å². The number of aliphatic hydroxyl groups is 1. The van der Waals surface area contributed by atoms with Crippen LogP contribution in [0.15, 0.2) is 36.4 Å². The van der Waals surface area contributed by atoms with Crippen molar-refractivity contribution >= 4 is 16.7 Å². The van der Waals surface area contributed by atoms with E-state index in [1.807, 2.05) is 43.3 Å². The summed E-state index contributed by atoms with van der Waals surface area (Å²) in [6, 6.07) is 11.4. The molecule has 4 rings (SSSR count). The highest BCUT2D eigenvalue weighted by Crippen LogP contribution is 2.36. The van der Waals surface area contributed by atoms with Crippen molar-refractivity contribution in [1.29, 1.82) is 0 Å². The lowest BCUT2D eigenvalue weighted by Gasteiger charge is -2.35. The summed E-state index contributed by atoms with van der Waals surface area (Å²) < 4.78 is 11.2. The highest BCUT2D eigenvalue weighted by Gasteiger charge is 2.36. The summed E-state index contributed by atoms with van der Waals surface area (Å²) in [5.74, 6) is -0.827. The van der Waals surface area contributed by atoms with Crippen LogP contribution in [0.4, 0.5) is 0 Å². The normalized spacial score (nSPS) is 22.8. The fraction of sp³-hybridized carbons (Fsp3) is 0.389. The Labute approximate surface area is 134 Å². The van der Waals surface area contributed by atoms with E-state index in [0.29, 0.717) is 31.7 Å². The molecule has 1 saturated heterocycles. The Kier molecular flexibility index (Phi) is 3.37. The molecular formula is C18H19NO4. The Morgan fingerprint density at radius 2 is 1.91 bits per heavy atom. The molecular weight excluding hydrogens is 294 g/mol. The van der Waals surface area contributed by atoms with Crippen molar-refractivity contribution in [3.8, 4) is 0 Å². The first-order chi connectivity index (χ1) is 11.1. The van der Waals surface area contributed by atoms with Gasteiger partial charge in [0.1, 0.15) is 0 Å². The third-order valence-corrected chi connectivity index (χ3v) is 4.71. The fourth-order valence-electron chi connectivity index (χ4n) is 3.45. The van der Waals surface area contributed by atoms with Crippen LogP contribution in [0.2, 0.25) is 0 Å². The molecule has 2 aromatic rings. The van der Waals surface area contributed by atoms with Crippen LogP contribution in [0.3, 0.4) is 0 Å². The molecule has 0 aliphatic carbocycles. The Morgan fingerprint density at radius 3 is 2.65 bits per heavy atom. The Balaban J connectivity index is 1.67. The van der Waals surface area contributed by atoms with Gasteiger partial charge in [-0.15, -0.1) is 0 Å². The topological polar surface area (TPSA) is 59.0 Å². The summed E-state index contributed by atoms with van der Waals surface area (Å²) in [6.07, 6.45) is -0.417. The Morgan fingerprint density at radius 1 is 1.22 bits per heavy atom. The van der Waals surface area contributed by atoms with Crippen LogP contribution in [0.25, 0.3) is 10.8 Å². The van der Waals surface area contributed by atoms with E-state index < -0.39 is 12.0 Å². The quantitative estimate of drug-likeness (QED) is 0.945. The number of ether oxygens (including phenoxy) is 2. The fourth-order valence-corrected chi connectivity index (χ4v) is 3.45. The molecule has 23 heavy (non-hydrogen) atoms.